The second-order valence-corrected chi connectivity index (χ2v) is 6.02. The van der Waals surface area contributed by atoms with Gasteiger partial charge in [-0.25, -0.2) is 4.98 Å². The van der Waals surface area contributed by atoms with Gasteiger partial charge in [-0.1, -0.05) is 19.1 Å². The topological polar surface area (TPSA) is 71.2 Å². The summed E-state index contributed by atoms with van der Waals surface area (Å²) in [5, 5.41) is 2.66. The maximum absolute atomic E-state index is 11.7. The van der Waals surface area contributed by atoms with Crippen LogP contribution in [0.3, 0.4) is 0 Å². The van der Waals surface area contributed by atoms with E-state index in [4.69, 9.17) is 22.9 Å². The lowest BCUT2D eigenvalue weighted by atomic mass is 10.1. The minimum Gasteiger partial charge on any atom is -0.389 e. The van der Waals surface area contributed by atoms with Crippen LogP contribution in [0.25, 0.3) is 0 Å². The van der Waals surface area contributed by atoms with Gasteiger partial charge in [-0.05, 0) is 30.9 Å². The maximum Gasteiger partial charge on any atom is 0.224 e. The van der Waals surface area contributed by atoms with Gasteiger partial charge in [-0.3, -0.25) is 4.79 Å². The zero-order valence-corrected chi connectivity index (χ0v) is 13.6. The number of hydrogen-bond donors (Lipinski definition) is 2. The second kappa shape index (κ2) is 6.39. The third kappa shape index (κ3) is 3.32. The van der Waals surface area contributed by atoms with Crippen molar-refractivity contribution in [1.82, 2.24) is 10.3 Å². The van der Waals surface area contributed by atoms with Gasteiger partial charge in [-0.2, -0.15) is 0 Å². The number of nitrogens with two attached hydrogens (primary N) is 1. The number of fused-ring (bicyclic) bond motifs is 1. The molecule has 1 unspecified atom stereocenters. The monoisotopic (exact) mass is 306 g/mol. The van der Waals surface area contributed by atoms with Crippen molar-refractivity contribution in [3.05, 3.63) is 22.9 Å². The number of hydrogen-bond acceptors (Lipinski definition) is 4. The van der Waals surface area contributed by atoms with Crippen molar-refractivity contribution in [1.29, 1.82) is 0 Å². The van der Waals surface area contributed by atoms with Crippen molar-refractivity contribution in [2.45, 2.75) is 26.2 Å². The van der Waals surface area contributed by atoms with Gasteiger partial charge in [0.05, 0.1) is 11.5 Å². The van der Waals surface area contributed by atoms with Crippen LogP contribution in [0.5, 0.6) is 0 Å². The van der Waals surface area contributed by atoms with Gasteiger partial charge in [-0.15, -0.1) is 0 Å². The van der Waals surface area contributed by atoms with Crippen LogP contribution in [-0.4, -0.2) is 36.5 Å². The highest BCUT2D eigenvalue weighted by molar-refractivity contribution is 7.80. The number of pyridine rings is 1. The summed E-state index contributed by atoms with van der Waals surface area (Å²) in [4.78, 5) is 18.7. The molecule has 114 valence electrons. The number of carbonyl (C=O) groups excluding carboxylic acids is 1. The molecule has 0 saturated heterocycles. The van der Waals surface area contributed by atoms with Crippen LogP contribution in [0.2, 0.25) is 0 Å². The van der Waals surface area contributed by atoms with Gasteiger partial charge >= 0.3 is 0 Å². The van der Waals surface area contributed by atoms with E-state index in [0.29, 0.717) is 11.5 Å². The van der Waals surface area contributed by atoms with Crippen molar-refractivity contribution in [3.63, 3.8) is 0 Å². The molecule has 0 spiro atoms. The molecule has 0 radical (unpaired) electrons. The molecule has 1 aliphatic carbocycles. The lowest BCUT2D eigenvalue weighted by Crippen LogP contribution is -2.35. The Labute approximate surface area is 130 Å². The highest BCUT2D eigenvalue weighted by Crippen LogP contribution is 2.27. The van der Waals surface area contributed by atoms with E-state index >= 15 is 0 Å². The normalized spacial score (nSPS) is 14.4. The molecular weight excluding hydrogens is 284 g/mol. The Balaban J connectivity index is 2.29. The first-order valence-corrected chi connectivity index (χ1v) is 7.60. The Kier molecular flexibility index (Phi) is 4.77. The minimum absolute atomic E-state index is 0.0138. The molecule has 5 nitrogen and oxygen atoms in total. The molecule has 1 amide bonds. The number of carbonyl (C=O) groups is 1. The average Bonchev–Trinajstić information content (AvgIpc) is 2.91. The second-order valence-electron chi connectivity index (χ2n) is 5.58. The Morgan fingerprint density at radius 3 is 2.90 bits per heavy atom. The van der Waals surface area contributed by atoms with Crippen molar-refractivity contribution < 1.29 is 4.79 Å². The third-order valence-corrected chi connectivity index (χ3v) is 4.12. The maximum atomic E-state index is 11.7. The number of thiocarbonyl (C=S) groups is 1. The molecule has 1 atom stereocenters. The van der Waals surface area contributed by atoms with E-state index in [9.17, 15) is 4.79 Å². The van der Waals surface area contributed by atoms with Crippen LogP contribution < -0.4 is 16.0 Å². The number of rotatable bonds is 5. The molecule has 0 bridgehead atoms. The fourth-order valence-electron chi connectivity index (χ4n) is 2.76. The predicted molar refractivity (Wildman–Crippen MR) is 88.7 cm³/mol. The summed E-state index contributed by atoms with van der Waals surface area (Å²) in [5.41, 5.74) is 9.03. The SMILES string of the molecule is CNC(=O)C(C)CN(C)c1nc2c(cc1C(N)=S)CCC2. The first-order chi connectivity index (χ1) is 9.93. The summed E-state index contributed by atoms with van der Waals surface area (Å²) in [6.45, 7) is 2.46. The van der Waals surface area contributed by atoms with E-state index in [2.05, 4.69) is 11.4 Å². The summed E-state index contributed by atoms with van der Waals surface area (Å²) in [5.74, 6) is 0.660. The number of anilines is 1. The van der Waals surface area contributed by atoms with Crippen molar-refractivity contribution >= 4 is 28.9 Å². The molecule has 0 fully saturated rings. The van der Waals surface area contributed by atoms with Crippen LogP contribution in [0.1, 0.15) is 30.2 Å². The minimum atomic E-state index is -0.130. The number of aryl methyl sites for hydroxylation is 2. The molecule has 0 aliphatic heterocycles. The predicted octanol–water partition coefficient (Wildman–Crippen LogP) is 1.02. The van der Waals surface area contributed by atoms with Gasteiger partial charge in [0.1, 0.15) is 10.8 Å². The van der Waals surface area contributed by atoms with Gasteiger partial charge in [0.25, 0.3) is 0 Å². The summed E-state index contributed by atoms with van der Waals surface area (Å²) < 4.78 is 0. The highest BCUT2D eigenvalue weighted by Gasteiger charge is 2.21. The molecule has 1 aromatic heterocycles. The lowest BCUT2D eigenvalue weighted by Gasteiger charge is -2.24. The van der Waals surface area contributed by atoms with E-state index in [1.165, 1.54) is 5.56 Å². The standard InChI is InChI=1S/C15H22N4OS/c1-9(15(20)17-2)8-19(3)14-11(13(16)21)7-10-5-4-6-12(10)18-14/h7,9H,4-6,8H2,1-3H3,(H2,16,21)(H,17,20). The zero-order valence-electron chi connectivity index (χ0n) is 12.8. The van der Waals surface area contributed by atoms with Gasteiger partial charge in [0, 0.05) is 26.3 Å². The van der Waals surface area contributed by atoms with Gasteiger partial charge in [0.15, 0.2) is 0 Å². The molecular formula is C15H22N4OS. The molecule has 0 saturated carbocycles. The zero-order chi connectivity index (χ0) is 15.6. The fourth-order valence-corrected chi connectivity index (χ4v) is 2.91. The smallest absolute Gasteiger partial charge is 0.224 e. The highest BCUT2D eigenvalue weighted by atomic mass is 32.1. The number of aromatic nitrogens is 1. The molecule has 0 aromatic carbocycles. The molecule has 1 heterocycles. The van der Waals surface area contributed by atoms with E-state index in [-0.39, 0.29) is 11.8 Å². The van der Waals surface area contributed by atoms with Crippen LogP contribution in [-0.2, 0) is 17.6 Å². The molecule has 21 heavy (non-hydrogen) atoms. The Hall–Kier alpha value is -1.69. The first kappa shape index (κ1) is 15.7. The Bertz CT molecular complexity index is 573. The summed E-state index contributed by atoms with van der Waals surface area (Å²) >= 11 is 5.16. The third-order valence-electron chi connectivity index (χ3n) is 3.90. The molecule has 2 rings (SSSR count). The molecule has 3 N–H and O–H groups in total. The summed E-state index contributed by atoms with van der Waals surface area (Å²) in [6, 6.07) is 2.06. The Morgan fingerprint density at radius 2 is 2.29 bits per heavy atom. The van der Waals surface area contributed by atoms with Gasteiger partial charge < -0.3 is 16.0 Å². The van der Waals surface area contributed by atoms with Crippen molar-refractivity contribution in [3.8, 4) is 0 Å². The number of nitrogens with one attached hydrogen (secondary N) is 1. The largest absolute Gasteiger partial charge is 0.389 e. The number of amides is 1. The quantitative estimate of drug-likeness (QED) is 0.795. The van der Waals surface area contributed by atoms with E-state index in [0.717, 1.165) is 36.3 Å². The summed E-state index contributed by atoms with van der Waals surface area (Å²) in [7, 11) is 3.57. The van der Waals surface area contributed by atoms with Crippen LogP contribution in [0.15, 0.2) is 6.07 Å². The van der Waals surface area contributed by atoms with Gasteiger partial charge in [0.2, 0.25) is 5.91 Å². The average molecular weight is 306 g/mol. The van der Waals surface area contributed by atoms with Crippen LogP contribution >= 0.6 is 12.2 Å². The number of nitrogens with zero attached hydrogens (tertiary/aromatic N) is 2. The van der Waals surface area contributed by atoms with Crippen molar-refractivity contribution in [2.75, 3.05) is 25.5 Å². The molecule has 1 aliphatic rings. The van der Waals surface area contributed by atoms with Crippen LogP contribution in [0.4, 0.5) is 5.82 Å². The van der Waals surface area contributed by atoms with Crippen molar-refractivity contribution in [2.24, 2.45) is 11.7 Å². The Morgan fingerprint density at radius 1 is 1.57 bits per heavy atom. The summed E-state index contributed by atoms with van der Waals surface area (Å²) in [6.07, 6.45) is 3.16. The van der Waals surface area contributed by atoms with E-state index < -0.39 is 0 Å². The van der Waals surface area contributed by atoms with E-state index in [1.54, 1.807) is 7.05 Å². The van der Waals surface area contributed by atoms with Crippen LogP contribution in [0, 0.1) is 5.92 Å². The van der Waals surface area contributed by atoms with E-state index in [1.807, 2.05) is 18.9 Å². The fraction of sp³-hybridized carbons (Fsp3) is 0.533. The molecule has 6 heteroatoms. The molecule has 1 aromatic rings. The lowest BCUT2D eigenvalue weighted by molar-refractivity contribution is -0.123. The first-order valence-electron chi connectivity index (χ1n) is 7.19.